The quantitative estimate of drug-likeness (QED) is 0.730. The molecule has 0 saturated carbocycles. The molecule has 9 heteroatoms. The van der Waals surface area contributed by atoms with E-state index in [4.69, 9.17) is 9.47 Å². The molecule has 1 aromatic heterocycles. The van der Waals surface area contributed by atoms with E-state index in [-0.39, 0.29) is 18.8 Å². The van der Waals surface area contributed by atoms with Crippen molar-refractivity contribution < 1.29 is 32.6 Å². The molecule has 0 aliphatic heterocycles. The van der Waals surface area contributed by atoms with Crippen LogP contribution in [0.25, 0.3) is 0 Å². The van der Waals surface area contributed by atoms with E-state index in [1.807, 2.05) is 0 Å². The van der Waals surface area contributed by atoms with Crippen LogP contribution in [-0.2, 0) is 25.6 Å². The highest BCUT2D eigenvalue weighted by Gasteiger charge is 2.19. The monoisotopic (exact) mass is 394 g/mol. The summed E-state index contributed by atoms with van der Waals surface area (Å²) in [6, 6.07) is 4.28. The van der Waals surface area contributed by atoms with Crippen molar-refractivity contribution >= 4 is 23.5 Å². The van der Waals surface area contributed by atoms with Crippen molar-refractivity contribution in [2.24, 2.45) is 0 Å². The Balaban J connectivity index is 1.93. The lowest BCUT2D eigenvalue weighted by molar-refractivity contribution is -0.147. The fourth-order valence-electron chi connectivity index (χ4n) is 2.56. The molecule has 1 N–H and O–H groups in total. The molecule has 2 aromatic rings. The van der Waals surface area contributed by atoms with Crippen molar-refractivity contribution in [1.29, 1.82) is 0 Å². The van der Waals surface area contributed by atoms with E-state index in [0.29, 0.717) is 23.0 Å². The molecular weight excluding hydrogens is 374 g/mol. The summed E-state index contributed by atoms with van der Waals surface area (Å²) in [5.41, 5.74) is 1.30. The third kappa shape index (κ3) is 5.15. The number of hydrogen-bond acceptors (Lipinski definition) is 5. The van der Waals surface area contributed by atoms with E-state index in [2.05, 4.69) is 5.32 Å². The van der Waals surface area contributed by atoms with Crippen LogP contribution in [0.4, 0.5) is 14.5 Å². The lowest BCUT2D eigenvalue weighted by Crippen LogP contribution is -2.24. The van der Waals surface area contributed by atoms with Gasteiger partial charge in [-0.1, -0.05) is 0 Å². The summed E-state index contributed by atoms with van der Waals surface area (Å²) in [5.74, 6) is -3.69. The Kier molecular flexibility index (Phi) is 6.86. The molecule has 0 spiro atoms. The van der Waals surface area contributed by atoms with Crippen LogP contribution in [0.5, 0.6) is 0 Å². The number of hydrogen-bond donors (Lipinski definition) is 1. The lowest BCUT2D eigenvalue weighted by Gasteiger charge is -2.10. The van der Waals surface area contributed by atoms with Crippen LogP contribution in [0.3, 0.4) is 0 Å². The van der Waals surface area contributed by atoms with Crippen molar-refractivity contribution in [2.75, 3.05) is 18.5 Å². The molecule has 7 nitrogen and oxygen atoms in total. The zero-order chi connectivity index (χ0) is 20.8. The van der Waals surface area contributed by atoms with E-state index in [9.17, 15) is 23.2 Å². The average molecular weight is 394 g/mol. The van der Waals surface area contributed by atoms with Crippen molar-refractivity contribution in [3.05, 3.63) is 52.9 Å². The molecular formula is C19H20F2N2O5. The normalized spacial score (nSPS) is 10.5. The predicted molar refractivity (Wildman–Crippen MR) is 95.8 cm³/mol. The summed E-state index contributed by atoms with van der Waals surface area (Å²) in [4.78, 5) is 35.7. The van der Waals surface area contributed by atoms with Gasteiger partial charge in [0, 0.05) is 17.5 Å². The Morgan fingerprint density at radius 2 is 1.82 bits per heavy atom. The fourth-order valence-corrected chi connectivity index (χ4v) is 2.56. The van der Waals surface area contributed by atoms with E-state index < -0.39 is 36.1 Å². The SMILES string of the molecule is CCOC(=O)c1cc(C)n(CC(=O)OCC(=O)Nc2ccc(F)cc2F)c1C. The van der Waals surface area contributed by atoms with E-state index >= 15 is 0 Å². The molecule has 1 heterocycles. The number of amides is 1. The molecule has 0 atom stereocenters. The molecule has 0 bridgehead atoms. The van der Waals surface area contributed by atoms with Gasteiger partial charge in [-0.15, -0.1) is 0 Å². The second-order valence-electron chi connectivity index (χ2n) is 5.92. The first-order valence-electron chi connectivity index (χ1n) is 8.47. The summed E-state index contributed by atoms with van der Waals surface area (Å²) in [5, 5.41) is 2.19. The Bertz CT molecular complexity index is 908. The molecule has 28 heavy (non-hydrogen) atoms. The molecule has 0 radical (unpaired) electrons. The number of aryl methyl sites for hydroxylation is 1. The molecule has 1 aromatic carbocycles. The van der Waals surface area contributed by atoms with Crippen LogP contribution in [-0.4, -0.2) is 35.6 Å². The Morgan fingerprint density at radius 3 is 2.46 bits per heavy atom. The van der Waals surface area contributed by atoms with Gasteiger partial charge in [-0.3, -0.25) is 9.59 Å². The van der Waals surface area contributed by atoms with Crippen molar-refractivity contribution in [1.82, 2.24) is 4.57 Å². The number of anilines is 1. The topological polar surface area (TPSA) is 86.6 Å². The van der Waals surface area contributed by atoms with Gasteiger partial charge in [0.15, 0.2) is 6.61 Å². The fraction of sp³-hybridized carbons (Fsp3) is 0.316. The number of nitrogens with zero attached hydrogens (tertiary/aromatic N) is 1. The average Bonchev–Trinajstić information content (AvgIpc) is 2.91. The van der Waals surface area contributed by atoms with E-state index in [0.717, 1.165) is 12.1 Å². The van der Waals surface area contributed by atoms with Crippen molar-refractivity contribution in [3.63, 3.8) is 0 Å². The standard InChI is InChI=1S/C19H20F2N2O5/c1-4-27-19(26)14-7-11(2)23(12(14)3)9-18(25)28-10-17(24)22-16-6-5-13(20)8-15(16)21/h5-8H,4,9-10H2,1-3H3,(H,22,24). The Hall–Kier alpha value is -3.23. The number of rotatable bonds is 7. The second kappa shape index (κ2) is 9.12. The van der Waals surface area contributed by atoms with Gasteiger partial charge < -0.3 is 19.4 Å². The zero-order valence-corrected chi connectivity index (χ0v) is 15.7. The highest BCUT2D eigenvalue weighted by atomic mass is 19.1. The summed E-state index contributed by atoms with van der Waals surface area (Å²) in [6.45, 7) is 4.45. The van der Waals surface area contributed by atoms with Gasteiger partial charge in [0.05, 0.1) is 17.9 Å². The van der Waals surface area contributed by atoms with E-state index in [1.54, 1.807) is 31.4 Å². The van der Waals surface area contributed by atoms with Gasteiger partial charge in [0.25, 0.3) is 5.91 Å². The van der Waals surface area contributed by atoms with Gasteiger partial charge in [-0.2, -0.15) is 0 Å². The number of carbonyl (C=O) groups is 3. The molecule has 0 saturated heterocycles. The Labute approximate surface area is 160 Å². The molecule has 0 aliphatic carbocycles. The number of aromatic nitrogens is 1. The molecule has 0 fully saturated rings. The summed E-state index contributed by atoms with van der Waals surface area (Å²) >= 11 is 0. The van der Waals surface area contributed by atoms with Crippen LogP contribution in [0.2, 0.25) is 0 Å². The van der Waals surface area contributed by atoms with Crippen molar-refractivity contribution in [2.45, 2.75) is 27.3 Å². The van der Waals surface area contributed by atoms with E-state index in [1.165, 1.54) is 0 Å². The van der Waals surface area contributed by atoms with Crippen LogP contribution in [0.15, 0.2) is 24.3 Å². The molecule has 1 amide bonds. The molecule has 150 valence electrons. The summed E-state index contributed by atoms with van der Waals surface area (Å²) < 4.78 is 37.8. The van der Waals surface area contributed by atoms with Crippen LogP contribution >= 0.6 is 0 Å². The first kappa shape index (κ1) is 21.1. The number of benzene rings is 1. The van der Waals surface area contributed by atoms with Gasteiger partial charge in [-0.25, -0.2) is 13.6 Å². The maximum Gasteiger partial charge on any atom is 0.339 e. The maximum atomic E-state index is 13.5. The first-order chi connectivity index (χ1) is 13.2. The number of halogens is 2. The first-order valence-corrected chi connectivity index (χ1v) is 8.47. The van der Waals surface area contributed by atoms with Gasteiger partial charge >= 0.3 is 11.9 Å². The van der Waals surface area contributed by atoms with Crippen LogP contribution in [0, 0.1) is 25.5 Å². The largest absolute Gasteiger partial charge is 0.462 e. The minimum atomic E-state index is -0.940. The molecule has 0 unspecified atom stereocenters. The lowest BCUT2D eigenvalue weighted by atomic mass is 10.2. The predicted octanol–water partition coefficient (Wildman–Crippen LogP) is 2.74. The number of nitrogens with one attached hydrogen (secondary N) is 1. The number of carbonyl (C=O) groups excluding carboxylic acids is 3. The smallest absolute Gasteiger partial charge is 0.339 e. The highest BCUT2D eigenvalue weighted by molar-refractivity contribution is 5.93. The minimum Gasteiger partial charge on any atom is -0.462 e. The minimum absolute atomic E-state index is 0.213. The molecule has 2 rings (SSSR count). The summed E-state index contributed by atoms with van der Waals surface area (Å²) in [7, 11) is 0. The van der Waals surface area contributed by atoms with Gasteiger partial charge in [0.1, 0.15) is 18.2 Å². The second-order valence-corrected chi connectivity index (χ2v) is 5.92. The third-order valence-electron chi connectivity index (χ3n) is 3.93. The van der Waals surface area contributed by atoms with Gasteiger partial charge in [0.2, 0.25) is 0 Å². The Morgan fingerprint density at radius 1 is 1.11 bits per heavy atom. The van der Waals surface area contributed by atoms with Gasteiger partial charge in [-0.05, 0) is 39.0 Å². The van der Waals surface area contributed by atoms with Crippen molar-refractivity contribution in [3.8, 4) is 0 Å². The van der Waals surface area contributed by atoms with Crippen LogP contribution in [0.1, 0.15) is 28.7 Å². The maximum absolute atomic E-state index is 13.5. The molecule has 0 aliphatic rings. The zero-order valence-electron chi connectivity index (χ0n) is 15.7. The number of esters is 2. The number of ether oxygens (including phenoxy) is 2. The summed E-state index contributed by atoms with van der Waals surface area (Å²) in [6.07, 6.45) is 0. The third-order valence-corrected chi connectivity index (χ3v) is 3.93. The highest BCUT2D eigenvalue weighted by Crippen LogP contribution is 2.17. The van der Waals surface area contributed by atoms with Crippen LogP contribution < -0.4 is 5.32 Å².